The van der Waals surface area contributed by atoms with Gasteiger partial charge in [-0.3, -0.25) is 0 Å². The second-order valence-corrected chi connectivity index (χ2v) is 8.04. The Hall–Kier alpha value is -2.63. The van der Waals surface area contributed by atoms with Crippen LogP contribution in [0.4, 0.5) is 9.18 Å². The van der Waals surface area contributed by atoms with Gasteiger partial charge >= 0.3 is 6.09 Å². The van der Waals surface area contributed by atoms with Gasteiger partial charge in [0, 0.05) is 31.3 Å². The van der Waals surface area contributed by atoms with E-state index in [0.29, 0.717) is 19.0 Å². The molecule has 1 fully saturated rings. The minimum absolute atomic E-state index is 0.280. The van der Waals surface area contributed by atoms with Crippen molar-refractivity contribution in [1.82, 2.24) is 9.88 Å². The van der Waals surface area contributed by atoms with Gasteiger partial charge in [-0.2, -0.15) is 0 Å². The number of aromatic nitrogens is 1. The molecule has 2 aromatic rings. The summed E-state index contributed by atoms with van der Waals surface area (Å²) in [7, 11) is 0. The molecule has 28 heavy (non-hydrogen) atoms. The van der Waals surface area contributed by atoms with Crippen molar-refractivity contribution in [3.05, 3.63) is 59.8 Å². The SMILES string of the molecule is CC(C)(C)OC(=O)N1CCC(F)C(c2ccc(OCc3ccccc3)nc2)C1. The Morgan fingerprint density at radius 3 is 2.61 bits per heavy atom. The first-order valence-electron chi connectivity index (χ1n) is 9.56. The first-order chi connectivity index (χ1) is 13.3. The van der Waals surface area contributed by atoms with E-state index in [1.165, 1.54) is 0 Å². The second-order valence-electron chi connectivity index (χ2n) is 8.04. The summed E-state index contributed by atoms with van der Waals surface area (Å²) in [6.45, 7) is 6.53. The van der Waals surface area contributed by atoms with E-state index in [1.807, 2.05) is 57.2 Å². The molecular weight excluding hydrogens is 359 g/mol. The molecule has 2 atom stereocenters. The average Bonchev–Trinajstić information content (AvgIpc) is 2.67. The van der Waals surface area contributed by atoms with Crippen molar-refractivity contribution in [3.63, 3.8) is 0 Å². The number of likely N-dealkylation sites (tertiary alicyclic amines) is 1. The van der Waals surface area contributed by atoms with E-state index in [2.05, 4.69) is 4.98 Å². The number of pyridine rings is 1. The highest BCUT2D eigenvalue weighted by Gasteiger charge is 2.34. The molecule has 1 aromatic carbocycles. The molecule has 2 unspecified atom stereocenters. The van der Waals surface area contributed by atoms with E-state index in [9.17, 15) is 9.18 Å². The summed E-state index contributed by atoms with van der Waals surface area (Å²) in [5.74, 6) is 0.0692. The van der Waals surface area contributed by atoms with Crippen LogP contribution in [0.5, 0.6) is 5.88 Å². The first kappa shape index (κ1) is 20.1. The lowest BCUT2D eigenvalue weighted by Gasteiger charge is -2.36. The maximum atomic E-state index is 14.5. The van der Waals surface area contributed by atoms with Gasteiger partial charge in [-0.1, -0.05) is 36.4 Å². The number of nitrogens with zero attached hydrogens (tertiary/aromatic N) is 2. The Balaban J connectivity index is 1.62. The van der Waals surface area contributed by atoms with Crippen molar-refractivity contribution in [1.29, 1.82) is 0 Å². The van der Waals surface area contributed by atoms with E-state index in [4.69, 9.17) is 9.47 Å². The van der Waals surface area contributed by atoms with Crippen LogP contribution in [0.15, 0.2) is 48.7 Å². The van der Waals surface area contributed by atoms with Gasteiger partial charge in [0.15, 0.2) is 0 Å². The lowest BCUT2D eigenvalue weighted by atomic mass is 9.90. The number of hydrogen-bond acceptors (Lipinski definition) is 4. The van der Waals surface area contributed by atoms with Crippen molar-refractivity contribution < 1.29 is 18.7 Å². The molecule has 150 valence electrons. The molecule has 1 aliphatic rings. The third-order valence-corrected chi connectivity index (χ3v) is 4.60. The fraction of sp³-hybridized carbons (Fsp3) is 0.455. The topological polar surface area (TPSA) is 51.7 Å². The van der Waals surface area contributed by atoms with Gasteiger partial charge in [0.2, 0.25) is 5.88 Å². The number of carbonyl (C=O) groups excluding carboxylic acids is 1. The molecule has 0 spiro atoms. The number of benzene rings is 1. The van der Waals surface area contributed by atoms with Gasteiger partial charge < -0.3 is 14.4 Å². The third kappa shape index (κ3) is 5.44. The van der Waals surface area contributed by atoms with Crippen molar-refractivity contribution >= 4 is 6.09 Å². The van der Waals surface area contributed by atoms with E-state index in [-0.39, 0.29) is 13.0 Å². The van der Waals surface area contributed by atoms with Crippen molar-refractivity contribution in [3.8, 4) is 5.88 Å². The molecule has 0 N–H and O–H groups in total. The zero-order valence-corrected chi connectivity index (χ0v) is 16.6. The number of hydrogen-bond donors (Lipinski definition) is 0. The van der Waals surface area contributed by atoms with Gasteiger partial charge in [0.1, 0.15) is 18.4 Å². The fourth-order valence-corrected chi connectivity index (χ4v) is 3.16. The van der Waals surface area contributed by atoms with Gasteiger partial charge in [0.25, 0.3) is 0 Å². The van der Waals surface area contributed by atoms with E-state index in [1.54, 1.807) is 17.2 Å². The van der Waals surface area contributed by atoms with Crippen LogP contribution in [0.1, 0.15) is 44.2 Å². The quantitative estimate of drug-likeness (QED) is 0.763. The molecule has 1 saturated heterocycles. The largest absolute Gasteiger partial charge is 0.473 e. The molecule has 6 heteroatoms. The van der Waals surface area contributed by atoms with Gasteiger partial charge in [-0.05, 0) is 38.3 Å². The molecule has 5 nitrogen and oxygen atoms in total. The predicted molar refractivity (Wildman–Crippen MR) is 105 cm³/mol. The molecule has 0 radical (unpaired) electrons. The lowest BCUT2D eigenvalue weighted by Crippen LogP contribution is -2.45. The Morgan fingerprint density at radius 1 is 1.21 bits per heavy atom. The average molecular weight is 386 g/mol. The summed E-state index contributed by atoms with van der Waals surface area (Å²) >= 11 is 0. The van der Waals surface area contributed by atoms with Crippen LogP contribution in [0.3, 0.4) is 0 Å². The van der Waals surface area contributed by atoms with Crippen molar-refractivity contribution in [2.24, 2.45) is 0 Å². The molecule has 0 bridgehead atoms. The highest BCUT2D eigenvalue weighted by Crippen LogP contribution is 2.31. The zero-order chi connectivity index (χ0) is 20.1. The van der Waals surface area contributed by atoms with Gasteiger partial charge in [0.05, 0.1) is 0 Å². The molecule has 0 aliphatic carbocycles. The van der Waals surface area contributed by atoms with Crippen LogP contribution < -0.4 is 4.74 Å². The number of carbonyl (C=O) groups is 1. The molecule has 0 saturated carbocycles. The number of amides is 1. The minimum atomic E-state index is -1.02. The maximum Gasteiger partial charge on any atom is 0.410 e. The smallest absolute Gasteiger partial charge is 0.410 e. The number of rotatable bonds is 4. The normalized spacial score (nSPS) is 19.9. The monoisotopic (exact) mass is 386 g/mol. The van der Waals surface area contributed by atoms with E-state index < -0.39 is 23.8 Å². The zero-order valence-electron chi connectivity index (χ0n) is 16.6. The van der Waals surface area contributed by atoms with E-state index in [0.717, 1.165) is 11.1 Å². The summed E-state index contributed by atoms with van der Waals surface area (Å²) in [4.78, 5) is 18.2. The molecule has 1 aromatic heterocycles. The van der Waals surface area contributed by atoms with Gasteiger partial charge in [-0.25, -0.2) is 14.2 Å². The third-order valence-electron chi connectivity index (χ3n) is 4.60. The lowest BCUT2D eigenvalue weighted by molar-refractivity contribution is 0.0134. The Kier molecular flexibility index (Phi) is 6.17. The summed E-state index contributed by atoms with van der Waals surface area (Å²) < 4.78 is 25.6. The van der Waals surface area contributed by atoms with Gasteiger partial charge in [-0.15, -0.1) is 0 Å². The first-order valence-corrected chi connectivity index (χ1v) is 9.56. The van der Waals surface area contributed by atoms with Crippen LogP contribution in [0.25, 0.3) is 0 Å². The maximum absolute atomic E-state index is 14.5. The minimum Gasteiger partial charge on any atom is -0.473 e. The van der Waals surface area contributed by atoms with Crippen molar-refractivity contribution in [2.45, 2.75) is 51.5 Å². The van der Waals surface area contributed by atoms with E-state index >= 15 is 0 Å². The molecule has 1 amide bonds. The molecule has 3 rings (SSSR count). The Morgan fingerprint density at radius 2 is 1.96 bits per heavy atom. The predicted octanol–water partition coefficient (Wildman–Crippen LogP) is 4.72. The Labute approximate surface area is 165 Å². The summed E-state index contributed by atoms with van der Waals surface area (Å²) in [5, 5.41) is 0. The number of alkyl halides is 1. The van der Waals surface area contributed by atoms with Crippen LogP contribution >= 0.6 is 0 Å². The number of ether oxygens (including phenoxy) is 2. The highest BCUT2D eigenvalue weighted by molar-refractivity contribution is 5.68. The number of halogens is 1. The molecule has 2 heterocycles. The summed E-state index contributed by atoms with van der Waals surface area (Å²) in [6.07, 6.45) is 0.503. The molecular formula is C22H27FN2O3. The summed E-state index contributed by atoms with van der Waals surface area (Å²) in [5.41, 5.74) is 1.24. The number of piperidine rings is 1. The van der Waals surface area contributed by atoms with Crippen LogP contribution in [-0.4, -0.2) is 40.8 Å². The standard InChI is InChI=1S/C22H27FN2O3/c1-22(2,3)28-21(26)25-12-11-19(23)18(14-25)17-9-10-20(24-13-17)27-15-16-7-5-4-6-8-16/h4-10,13,18-19H,11-12,14-15H2,1-3H3. The molecule has 1 aliphatic heterocycles. The fourth-order valence-electron chi connectivity index (χ4n) is 3.16. The van der Waals surface area contributed by atoms with Crippen LogP contribution in [0, 0.1) is 0 Å². The van der Waals surface area contributed by atoms with Crippen LogP contribution in [-0.2, 0) is 11.3 Å². The Bertz CT molecular complexity index is 775. The van der Waals surface area contributed by atoms with Crippen LogP contribution in [0.2, 0.25) is 0 Å². The highest BCUT2D eigenvalue weighted by atomic mass is 19.1. The second kappa shape index (κ2) is 8.59. The van der Waals surface area contributed by atoms with Crippen molar-refractivity contribution in [2.75, 3.05) is 13.1 Å². The summed E-state index contributed by atoms with van der Waals surface area (Å²) in [6, 6.07) is 13.4.